The topological polar surface area (TPSA) is 93.6 Å². The summed E-state index contributed by atoms with van der Waals surface area (Å²) in [6, 6.07) is 0. The Balaban J connectivity index is 2.31. The number of hydrogen-bond donors (Lipinski definition) is 2. The van der Waals surface area contributed by atoms with Gasteiger partial charge in [-0.3, -0.25) is 4.79 Å². The zero-order chi connectivity index (χ0) is 16.4. The van der Waals surface area contributed by atoms with Crippen molar-refractivity contribution in [1.82, 2.24) is 14.1 Å². The molecule has 0 saturated heterocycles. The summed E-state index contributed by atoms with van der Waals surface area (Å²) in [6.45, 7) is 7.80. The van der Waals surface area contributed by atoms with Crippen LogP contribution in [0.1, 0.15) is 32.9 Å². The van der Waals surface area contributed by atoms with Gasteiger partial charge in [-0.05, 0) is 19.4 Å². The molecule has 1 heterocycles. The van der Waals surface area contributed by atoms with Gasteiger partial charge in [-0.15, -0.1) is 4.37 Å². The molecule has 8 heteroatoms. The maximum atomic E-state index is 11.3. The molecule has 0 aliphatic carbocycles. The van der Waals surface area contributed by atoms with Crippen LogP contribution in [-0.4, -0.2) is 52.2 Å². The first-order valence-electron chi connectivity index (χ1n) is 7.51. The van der Waals surface area contributed by atoms with E-state index in [0.717, 1.165) is 18.3 Å². The molecule has 0 aliphatic rings. The van der Waals surface area contributed by atoms with Crippen LogP contribution in [0.4, 0.5) is 0 Å². The Hall–Kier alpha value is -1.25. The average Bonchev–Trinajstić information content (AvgIpc) is 2.90. The lowest BCUT2D eigenvalue weighted by atomic mass is 10.2. The molecule has 0 fully saturated rings. The summed E-state index contributed by atoms with van der Waals surface area (Å²) in [5.74, 6) is 0.655. The first-order valence-corrected chi connectivity index (χ1v) is 8.24. The Morgan fingerprint density at radius 2 is 2.14 bits per heavy atom. The standard InChI is InChI=1S/C14H25N3O4S/c1-4-20-13(19)6-5-12-14(17-22-16-12)21-9-11(18)8-15-7-10(2)3/h10-11,15,18H,4-9H2,1-3H3. The molecule has 0 bridgehead atoms. The molecule has 1 aromatic heterocycles. The number of aliphatic hydroxyl groups is 1. The minimum atomic E-state index is -0.613. The zero-order valence-corrected chi connectivity index (χ0v) is 14.2. The van der Waals surface area contributed by atoms with Crippen LogP contribution in [-0.2, 0) is 16.0 Å². The summed E-state index contributed by atoms with van der Waals surface area (Å²) >= 11 is 1.03. The lowest BCUT2D eigenvalue weighted by Gasteiger charge is -2.13. The quantitative estimate of drug-likeness (QED) is 0.585. The van der Waals surface area contributed by atoms with Gasteiger partial charge in [-0.1, -0.05) is 13.8 Å². The van der Waals surface area contributed by atoms with Gasteiger partial charge >= 0.3 is 5.97 Å². The summed E-state index contributed by atoms with van der Waals surface area (Å²) in [6.07, 6.45) is 0.0545. The van der Waals surface area contributed by atoms with E-state index in [0.29, 0.717) is 37.1 Å². The molecule has 0 amide bonds. The summed E-state index contributed by atoms with van der Waals surface area (Å²) < 4.78 is 18.5. The molecular formula is C14H25N3O4S. The number of aromatic nitrogens is 2. The highest BCUT2D eigenvalue weighted by Crippen LogP contribution is 2.17. The molecule has 22 heavy (non-hydrogen) atoms. The van der Waals surface area contributed by atoms with Crippen molar-refractivity contribution in [2.24, 2.45) is 5.92 Å². The van der Waals surface area contributed by atoms with Crippen molar-refractivity contribution in [2.45, 2.75) is 39.7 Å². The average molecular weight is 331 g/mol. The van der Waals surface area contributed by atoms with Crippen LogP contribution in [0.3, 0.4) is 0 Å². The number of carbonyl (C=O) groups is 1. The number of aliphatic hydroxyl groups excluding tert-OH is 1. The lowest BCUT2D eigenvalue weighted by Crippen LogP contribution is -2.33. The SMILES string of the molecule is CCOC(=O)CCc1nsnc1OCC(O)CNCC(C)C. The van der Waals surface area contributed by atoms with E-state index in [1.807, 2.05) is 0 Å². The minimum Gasteiger partial charge on any atom is -0.473 e. The summed E-state index contributed by atoms with van der Waals surface area (Å²) in [4.78, 5) is 11.3. The number of aryl methyl sites for hydroxylation is 1. The Bertz CT molecular complexity index is 439. The largest absolute Gasteiger partial charge is 0.473 e. The maximum absolute atomic E-state index is 11.3. The minimum absolute atomic E-state index is 0.142. The normalized spacial score (nSPS) is 12.4. The van der Waals surface area contributed by atoms with Crippen molar-refractivity contribution < 1.29 is 19.4 Å². The van der Waals surface area contributed by atoms with E-state index in [4.69, 9.17) is 9.47 Å². The van der Waals surface area contributed by atoms with Crippen molar-refractivity contribution in [2.75, 3.05) is 26.3 Å². The van der Waals surface area contributed by atoms with Gasteiger partial charge in [0.1, 0.15) is 18.4 Å². The fourth-order valence-electron chi connectivity index (χ4n) is 1.69. The van der Waals surface area contributed by atoms with Gasteiger partial charge in [0.05, 0.1) is 24.8 Å². The van der Waals surface area contributed by atoms with Crippen molar-refractivity contribution >= 4 is 17.7 Å². The molecule has 7 nitrogen and oxygen atoms in total. The number of esters is 1. The summed E-state index contributed by atoms with van der Waals surface area (Å²) in [7, 11) is 0. The van der Waals surface area contributed by atoms with Crippen LogP contribution in [0.15, 0.2) is 0 Å². The van der Waals surface area contributed by atoms with Crippen molar-refractivity contribution in [3.8, 4) is 5.88 Å². The smallest absolute Gasteiger partial charge is 0.306 e. The predicted molar refractivity (Wildman–Crippen MR) is 84.1 cm³/mol. The van der Waals surface area contributed by atoms with Crippen LogP contribution in [0, 0.1) is 5.92 Å². The Labute approximate surface area is 135 Å². The monoisotopic (exact) mass is 331 g/mol. The van der Waals surface area contributed by atoms with E-state index in [-0.39, 0.29) is 19.0 Å². The second-order valence-corrected chi connectivity index (χ2v) is 5.87. The number of nitrogens with one attached hydrogen (secondary N) is 1. The van der Waals surface area contributed by atoms with Crippen LogP contribution in [0.25, 0.3) is 0 Å². The second kappa shape index (κ2) is 10.5. The Morgan fingerprint density at radius 3 is 2.82 bits per heavy atom. The highest BCUT2D eigenvalue weighted by atomic mass is 32.1. The Morgan fingerprint density at radius 1 is 1.36 bits per heavy atom. The highest BCUT2D eigenvalue weighted by Gasteiger charge is 2.14. The third-order valence-corrected chi connectivity index (χ3v) is 3.29. The van der Waals surface area contributed by atoms with Crippen molar-refractivity contribution in [1.29, 1.82) is 0 Å². The molecule has 126 valence electrons. The lowest BCUT2D eigenvalue weighted by molar-refractivity contribution is -0.143. The fourth-order valence-corrected chi connectivity index (χ4v) is 2.23. The van der Waals surface area contributed by atoms with E-state index >= 15 is 0 Å². The van der Waals surface area contributed by atoms with Gasteiger partial charge in [-0.2, -0.15) is 4.37 Å². The number of nitrogens with zero attached hydrogens (tertiary/aromatic N) is 2. The van der Waals surface area contributed by atoms with Crippen molar-refractivity contribution in [3.05, 3.63) is 5.69 Å². The van der Waals surface area contributed by atoms with Crippen molar-refractivity contribution in [3.63, 3.8) is 0 Å². The van der Waals surface area contributed by atoms with Gasteiger partial charge in [0.25, 0.3) is 0 Å². The van der Waals surface area contributed by atoms with Gasteiger partial charge in [0.15, 0.2) is 0 Å². The van der Waals surface area contributed by atoms with E-state index in [1.54, 1.807) is 6.92 Å². The third-order valence-electron chi connectivity index (χ3n) is 2.74. The maximum Gasteiger partial charge on any atom is 0.306 e. The summed E-state index contributed by atoms with van der Waals surface area (Å²) in [5.41, 5.74) is 0.625. The van der Waals surface area contributed by atoms with E-state index in [2.05, 4.69) is 27.9 Å². The molecule has 0 aromatic carbocycles. The first-order chi connectivity index (χ1) is 10.5. The van der Waals surface area contributed by atoms with Crippen LogP contribution in [0.2, 0.25) is 0 Å². The number of rotatable bonds is 11. The second-order valence-electron chi connectivity index (χ2n) is 5.34. The van der Waals surface area contributed by atoms with Gasteiger partial charge in [-0.25, -0.2) is 0 Å². The van der Waals surface area contributed by atoms with Crippen LogP contribution < -0.4 is 10.1 Å². The van der Waals surface area contributed by atoms with Gasteiger partial charge in [0, 0.05) is 13.0 Å². The molecule has 2 N–H and O–H groups in total. The molecule has 1 rings (SSSR count). The van der Waals surface area contributed by atoms with Crippen LogP contribution >= 0.6 is 11.7 Å². The molecule has 0 radical (unpaired) electrons. The number of ether oxygens (including phenoxy) is 2. The zero-order valence-electron chi connectivity index (χ0n) is 13.4. The van der Waals surface area contributed by atoms with Gasteiger partial charge < -0.3 is 19.9 Å². The number of hydrogen-bond acceptors (Lipinski definition) is 8. The molecule has 0 aliphatic heterocycles. The van der Waals surface area contributed by atoms with Crippen LogP contribution in [0.5, 0.6) is 5.88 Å². The van der Waals surface area contributed by atoms with E-state index in [9.17, 15) is 9.90 Å². The fraction of sp³-hybridized carbons (Fsp3) is 0.786. The molecule has 1 aromatic rings. The predicted octanol–water partition coefficient (Wildman–Crippen LogP) is 1.02. The molecular weight excluding hydrogens is 306 g/mol. The molecule has 0 spiro atoms. The Kier molecular flexibility index (Phi) is 8.95. The molecule has 1 unspecified atom stereocenters. The van der Waals surface area contributed by atoms with Gasteiger partial charge in [0.2, 0.25) is 5.88 Å². The van der Waals surface area contributed by atoms with E-state index < -0.39 is 6.10 Å². The van der Waals surface area contributed by atoms with E-state index in [1.165, 1.54) is 0 Å². The number of carbonyl (C=O) groups excluding carboxylic acids is 1. The summed E-state index contributed by atoms with van der Waals surface area (Å²) in [5, 5.41) is 13.0. The molecule has 0 saturated carbocycles. The molecule has 1 atom stereocenters. The highest BCUT2D eigenvalue weighted by molar-refractivity contribution is 6.99. The first kappa shape index (κ1) is 18.8. The third kappa shape index (κ3) is 7.67.